The minimum atomic E-state index is -0.595. The molecule has 0 spiro atoms. The number of carbonyl (C=O) groups excluding carboxylic acids is 1. The normalized spacial score (nSPS) is 15.9. The molecule has 2 amide bonds. The highest BCUT2D eigenvalue weighted by atomic mass is 35.5. The highest BCUT2D eigenvalue weighted by Gasteiger charge is 2.14. The van der Waals surface area contributed by atoms with Crippen molar-refractivity contribution < 1.29 is 4.79 Å². The largest absolute Gasteiger partial charge is 0.366 e. The third kappa shape index (κ3) is 3.95. The third-order valence-corrected chi connectivity index (χ3v) is 2.47. The number of aliphatic imine (C=N–C) groups is 1. The lowest BCUT2D eigenvalue weighted by Gasteiger charge is -2.13. The van der Waals surface area contributed by atoms with Crippen molar-refractivity contribution in [2.45, 2.75) is 32.1 Å². The molecule has 0 bridgehead atoms. The molecule has 1 saturated carbocycles. The first-order valence-electron chi connectivity index (χ1n) is 5.05. The maximum atomic E-state index is 11.4. The van der Waals surface area contributed by atoms with Crippen LogP contribution in [0.1, 0.15) is 32.1 Å². The molecule has 84 valence electrons. The molecule has 0 unspecified atom stereocenters. The molecule has 6 heteroatoms. The van der Waals surface area contributed by atoms with Crippen molar-refractivity contribution in [3.8, 4) is 0 Å². The number of nitroso groups, excluding NO2 is 1. The molecule has 15 heavy (non-hydrogen) atoms. The lowest BCUT2D eigenvalue weighted by atomic mass is 9.99. The summed E-state index contributed by atoms with van der Waals surface area (Å²) < 4.78 is 0. The van der Waals surface area contributed by atoms with Gasteiger partial charge >= 0.3 is 6.03 Å². The Labute approximate surface area is 93.4 Å². The van der Waals surface area contributed by atoms with E-state index < -0.39 is 6.03 Å². The van der Waals surface area contributed by atoms with Gasteiger partial charge in [0.2, 0.25) is 0 Å². The molecule has 0 saturated heterocycles. The van der Waals surface area contributed by atoms with Gasteiger partial charge in [-0.05, 0) is 25.7 Å². The second-order valence-electron chi connectivity index (χ2n) is 3.42. The number of nitrogens with zero attached hydrogens (tertiary/aromatic N) is 3. The molecule has 0 aromatic heterocycles. The average Bonchev–Trinajstić information content (AvgIpc) is 2.27. The van der Waals surface area contributed by atoms with Crippen LogP contribution in [0.25, 0.3) is 0 Å². The lowest BCUT2D eigenvalue weighted by Crippen LogP contribution is -2.25. The van der Waals surface area contributed by atoms with Crippen molar-refractivity contribution in [2.75, 3.05) is 12.4 Å². The first kappa shape index (κ1) is 12.1. The van der Waals surface area contributed by atoms with Crippen LogP contribution in [0.3, 0.4) is 0 Å². The predicted molar refractivity (Wildman–Crippen MR) is 59.1 cm³/mol. The van der Waals surface area contributed by atoms with Gasteiger partial charge < -0.3 is 0 Å². The molecular weight excluding hydrogens is 218 g/mol. The Hall–Kier alpha value is -0.970. The number of urea groups is 1. The SMILES string of the molecule is O=NN(CCCl)C(=O)N=C1CCCCC1. The number of carbonyl (C=O) groups is 1. The van der Waals surface area contributed by atoms with Gasteiger partial charge in [-0.25, -0.2) is 9.79 Å². The van der Waals surface area contributed by atoms with Crippen molar-refractivity contribution in [3.05, 3.63) is 4.91 Å². The van der Waals surface area contributed by atoms with Crippen LogP contribution in [0.2, 0.25) is 0 Å². The minimum Gasteiger partial charge on any atom is -0.244 e. The van der Waals surface area contributed by atoms with Crippen molar-refractivity contribution in [2.24, 2.45) is 10.3 Å². The van der Waals surface area contributed by atoms with E-state index in [4.69, 9.17) is 11.6 Å². The van der Waals surface area contributed by atoms with E-state index in [2.05, 4.69) is 10.3 Å². The number of rotatable bonds is 3. The number of hydrogen-bond acceptors (Lipinski definition) is 3. The molecule has 1 aliphatic rings. The Balaban J connectivity index is 2.54. The zero-order valence-electron chi connectivity index (χ0n) is 8.49. The summed E-state index contributed by atoms with van der Waals surface area (Å²) in [4.78, 5) is 25.6. The second-order valence-corrected chi connectivity index (χ2v) is 3.79. The zero-order chi connectivity index (χ0) is 11.1. The summed E-state index contributed by atoms with van der Waals surface area (Å²) in [5, 5.41) is 3.34. The Bertz CT molecular complexity index is 260. The Kier molecular flexibility index (Phi) is 5.25. The van der Waals surface area contributed by atoms with E-state index in [1.807, 2.05) is 0 Å². The number of alkyl halides is 1. The molecule has 5 nitrogen and oxygen atoms in total. The van der Waals surface area contributed by atoms with E-state index in [9.17, 15) is 9.70 Å². The molecule has 0 heterocycles. The lowest BCUT2D eigenvalue weighted by molar-refractivity contribution is 0.212. The van der Waals surface area contributed by atoms with Gasteiger partial charge in [-0.1, -0.05) is 6.42 Å². The summed E-state index contributed by atoms with van der Waals surface area (Å²) in [6, 6.07) is -0.595. The summed E-state index contributed by atoms with van der Waals surface area (Å²) >= 11 is 5.42. The molecule has 1 fully saturated rings. The van der Waals surface area contributed by atoms with Gasteiger partial charge in [0.1, 0.15) is 0 Å². The van der Waals surface area contributed by atoms with Crippen LogP contribution in [-0.2, 0) is 0 Å². The fraction of sp³-hybridized carbons (Fsp3) is 0.778. The standard InChI is InChI=1S/C9H14ClN3O2/c10-6-7-13(12-15)9(14)11-8-4-2-1-3-5-8/h1-7H2. The van der Waals surface area contributed by atoms with Gasteiger partial charge in [0.05, 0.1) is 11.8 Å². The summed E-state index contributed by atoms with van der Waals surface area (Å²) in [6.07, 6.45) is 5.01. The Morgan fingerprint density at radius 3 is 2.53 bits per heavy atom. The predicted octanol–water partition coefficient (Wildman–Crippen LogP) is 2.73. The van der Waals surface area contributed by atoms with Crippen LogP contribution < -0.4 is 0 Å². The van der Waals surface area contributed by atoms with Crippen LogP contribution in [0.4, 0.5) is 4.79 Å². The zero-order valence-corrected chi connectivity index (χ0v) is 9.24. The van der Waals surface area contributed by atoms with Crippen molar-refractivity contribution in [1.29, 1.82) is 0 Å². The van der Waals surface area contributed by atoms with Crippen molar-refractivity contribution in [3.63, 3.8) is 0 Å². The van der Waals surface area contributed by atoms with E-state index in [0.29, 0.717) is 0 Å². The molecule has 1 rings (SSSR count). The fourth-order valence-electron chi connectivity index (χ4n) is 1.52. The molecule has 0 atom stereocenters. The van der Waals surface area contributed by atoms with Gasteiger partial charge in [-0.15, -0.1) is 16.5 Å². The van der Waals surface area contributed by atoms with E-state index >= 15 is 0 Å². The summed E-state index contributed by atoms with van der Waals surface area (Å²) in [5.41, 5.74) is 0.870. The molecule has 0 radical (unpaired) electrons. The van der Waals surface area contributed by atoms with Crippen molar-refractivity contribution >= 4 is 23.3 Å². The smallest absolute Gasteiger partial charge is 0.244 e. The van der Waals surface area contributed by atoms with Gasteiger partial charge in [-0.2, -0.15) is 5.01 Å². The first-order valence-corrected chi connectivity index (χ1v) is 5.58. The van der Waals surface area contributed by atoms with Gasteiger partial charge in [-0.3, -0.25) is 0 Å². The molecule has 0 aromatic rings. The van der Waals surface area contributed by atoms with Crippen LogP contribution in [0.5, 0.6) is 0 Å². The average molecular weight is 232 g/mol. The van der Waals surface area contributed by atoms with Gasteiger partial charge in [0.15, 0.2) is 0 Å². The maximum absolute atomic E-state index is 11.4. The molecule has 0 aliphatic heterocycles. The molecular formula is C9H14ClN3O2. The summed E-state index contributed by atoms with van der Waals surface area (Å²) in [7, 11) is 0. The maximum Gasteiger partial charge on any atom is 0.366 e. The Morgan fingerprint density at radius 2 is 2.00 bits per heavy atom. The fourth-order valence-corrected chi connectivity index (χ4v) is 1.68. The minimum absolute atomic E-state index is 0.112. The van der Waals surface area contributed by atoms with Crippen LogP contribution >= 0.6 is 11.6 Å². The summed E-state index contributed by atoms with van der Waals surface area (Å²) in [5.74, 6) is 0.183. The van der Waals surface area contributed by atoms with Crippen LogP contribution in [0, 0.1) is 4.91 Å². The van der Waals surface area contributed by atoms with Gasteiger partial charge in [0, 0.05) is 11.6 Å². The third-order valence-electron chi connectivity index (χ3n) is 2.30. The highest BCUT2D eigenvalue weighted by molar-refractivity contribution is 6.18. The highest BCUT2D eigenvalue weighted by Crippen LogP contribution is 2.15. The monoisotopic (exact) mass is 231 g/mol. The topological polar surface area (TPSA) is 62.1 Å². The van der Waals surface area contributed by atoms with Gasteiger partial charge in [0.25, 0.3) is 0 Å². The van der Waals surface area contributed by atoms with E-state index in [-0.39, 0.29) is 12.4 Å². The van der Waals surface area contributed by atoms with Crippen LogP contribution in [0.15, 0.2) is 10.3 Å². The number of amides is 2. The Morgan fingerprint density at radius 1 is 1.33 bits per heavy atom. The van der Waals surface area contributed by atoms with E-state index in [1.165, 1.54) is 6.42 Å². The van der Waals surface area contributed by atoms with E-state index in [1.54, 1.807) is 0 Å². The molecule has 1 aliphatic carbocycles. The quantitative estimate of drug-likeness (QED) is 0.426. The summed E-state index contributed by atoms with van der Waals surface area (Å²) in [6.45, 7) is 0.112. The number of halogens is 1. The van der Waals surface area contributed by atoms with E-state index in [0.717, 1.165) is 36.4 Å². The number of hydrogen-bond donors (Lipinski definition) is 0. The first-order chi connectivity index (χ1) is 7.27. The van der Waals surface area contributed by atoms with Crippen molar-refractivity contribution in [1.82, 2.24) is 5.01 Å². The molecule has 0 aromatic carbocycles. The molecule has 0 N–H and O–H groups in total. The van der Waals surface area contributed by atoms with Crippen LogP contribution in [-0.4, -0.2) is 29.2 Å². The second kappa shape index (κ2) is 6.50.